The first kappa shape index (κ1) is 15.2. The van der Waals surface area contributed by atoms with Crippen LogP contribution in [0.5, 0.6) is 0 Å². The van der Waals surface area contributed by atoms with E-state index in [0.717, 1.165) is 12.1 Å². The van der Waals surface area contributed by atoms with Gasteiger partial charge in [-0.25, -0.2) is 14.0 Å². The van der Waals surface area contributed by atoms with Gasteiger partial charge in [0.05, 0.1) is 16.8 Å². The molecule has 0 unspecified atom stereocenters. The molecule has 0 aromatic heterocycles. The van der Waals surface area contributed by atoms with E-state index >= 15 is 0 Å². The van der Waals surface area contributed by atoms with Crippen molar-refractivity contribution in [2.45, 2.75) is 19.1 Å². The number of carbonyl (C=O) groups is 2. The molecule has 1 aromatic rings. The van der Waals surface area contributed by atoms with E-state index in [1.165, 1.54) is 13.0 Å². The molecule has 2 amide bonds. The summed E-state index contributed by atoms with van der Waals surface area (Å²) in [6.07, 6.45) is -1.27. The van der Waals surface area contributed by atoms with Gasteiger partial charge in [0.1, 0.15) is 5.82 Å². The number of hydrogen-bond donors (Lipinski definition) is 4. The van der Waals surface area contributed by atoms with Crippen LogP contribution in [0.15, 0.2) is 18.2 Å². The normalized spacial score (nSPS) is 13.5. The van der Waals surface area contributed by atoms with E-state index in [2.05, 4.69) is 10.6 Å². The van der Waals surface area contributed by atoms with E-state index in [1.807, 2.05) is 0 Å². The zero-order valence-corrected chi connectivity index (χ0v) is 10.6. The van der Waals surface area contributed by atoms with Crippen LogP contribution >= 0.6 is 11.6 Å². The van der Waals surface area contributed by atoms with E-state index in [1.54, 1.807) is 0 Å². The number of hydrogen-bond acceptors (Lipinski definition) is 3. The summed E-state index contributed by atoms with van der Waals surface area (Å²) in [7, 11) is 0. The largest absolute Gasteiger partial charge is 0.480 e. The van der Waals surface area contributed by atoms with E-state index in [0.29, 0.717) is 0 Å². The summed E-state index contributed by atoms with van der Waals surface area (Å²) in [5.74, 6) is -1.95. The molecule has 0 saturated carbocycles. The predicted molar refractivity (Wildman–Crippen MR) is 66.7 cm³/mol. The van der Waals surface area contributed by atoms with Crippen molar-refractivity contribution in [3.8, 4) is 0 Å². The van der Waals surface area contributed by atoms with Gasteiger partial charge in [0.2, 0.25) is 0 Å². The highest BCUT2D eigenvalue weighted by molar-refractivity contribution is 6.33. The van der Waals surface area contributed by atoms with Crippen molar-refractivity contribution >= 4 is 29.3 Å². The Hall–Kier alpha value is -1.86. The maximum Gasteiger partial charge on any atom is 0.328 e. The molecule has 0 heterocycles. The maximum atomic E-state index is 12.8. The van der Waals surface area contributed by atoms with Crippen LogP contribution in [0.1, 0.15) is 6.92 Å². The van der Waals surface area contributed by atoms with Gasteiger partial charge < -0.3 is 20.8 Å². The zero-order valence-electron chi connectivity index (χ0n) is 9.85. The van der Waals surface area contributed by atoms with Crippen LogP contribution in [0, 0.1) is 5.82 Å². The molecular weight excluding hydrogens is 279 g/mol. The molecule has 8 heteroatoms. The van der Waals surface area contributed by atoms with Gasteiger partial charge in [0.15, 0.2) is 6.04 Å². The number of urea groups is 1. The minimum Gasteiger partial charge on any atom is -0.480 e. The van der Waals surface area contributed by atoms with Crippen molar-refractivity contribution in [3.63, 3.8) is 0 Å². The summed E-state index contributed by atoms with van der Waals surface area (Å²) in [6, 6.07) is 0.988. The number of nitrogens with one attached hydrogen (secondary N) is 2. The van der Waals surface area contributed by atoms with Crippen LogP contribution in [0.4, 0.5) is 14.9 Å². The summed E-state index contributed by atoms with van der Waals surface area (Å²) in [5, 5.41) is 22.2. The number of anilines is 1. The summed E-state index contributed by atoms with van der Waals surface area (Å²) in [4.78, 5) is 22.3. The van der Waals surface area contributed by atoms with Gasteiger partial charge in [0.25, 0.3) is 0 Å². The van der Waals surface area contributed by atoms with Crippen molar-refractivity contribution in [1.29, 1.82) is 0 Å². The average molecular weight is 291 g/mol. The molecule has 19 heavy (non-hydrogen) atoms. The average Bonchev–Trinajstić information content (AvgIpc) is 2.29. The Balaban J connectivity index is 2.72. The lowest BCUT2D eigenvalue weighted by Crippen LogP contribution is -2.49. The standard InChI is InChI=1S/C11H12ClFN2O4/c1-5(16)9(10(17)18)15-11(19)14-8-3-2-6(13)4-7(8)12/h2-5,9,16H,1H3,(H,17,18)(H2,14,15,19)/t5-,9+/m1/s1. The van der Waals surface area contributed by atoms with E-state index in [9.17, 15) is 19.1 Å². The second-order valence-electron chi connectivity index (χ2n) is 3.78. The molecule has 0 saturated heterocycles. The second kappa shape index (κ2) is 6.35. The molecule has 0 aliphatic carbocycles. The Labute approximate surface area is 113 Å². The third-order valence-corrected chi connectivity index (χ3v) is 2.53. The molecule has 0 radical (unpaired) electrons. The van der Waals surface area contributed by atoms with Crippen LogP contribution in [0.25, 0.3) is 0 Å². The lowest BCUT2D eigenvalue weighted by atomic mass is 10.2. The molecule has 104 valence electrons. The zero-order chi connectivity index (χ0) is 14.6. The topological polar surface area (TPSA) is 98.7 Å². The molecule has 2 atom stereocenters. The van der Waals surface area contributed by atoms with Crippen LogP contribution in [0.2, 0.25) is 5.02 Å². The first-order valence-electron chi connectivity index (χ1n) is 5.24. The summed E-state index contributed by atoms with van der Waals surface area (Å²) >= 11 is 5.69. The molecule has 1 rings (SSSR count). The Morgan fingerprint density at radius 2 is 2.05 bits per heavy atom. The molecule has 0 fully saturated rings. The van der Waals surface area contributed by atoms with Gasteiger partial charge in [-0.15, -0.1) is 0 Å². The lowest BCUT2D eigenvalue weighted by Gasteiger charge is -2.17. The van der Waals surface area contributed by atoms with Gasteiger partial charge in [-0.05, 0) is 25.1 Å². The van der Waals surface area contributed by atoms with Crippen LogP contribution in [-0.2, 0) is 4.79 Å². The van der Waals surface area contributed by atoms with Crippen molar-refractivity contribution < 1.29 is 24.2 Å². The molecule has 0 aliphatic heterocycles. The first-order valence-corrected chi connectivity index (χ1v) is 5.62. The highest BCUT2D eigenvalue weighted by Gasteiger charge is 2.25. The van der Waals surface area contributed by atoms with Gasteiger partial charge >= 0.3 is 12.0 Å². The Morgan fingerprint density at radius 3 is 2.53 bits per heavy atom. The number of benzene rings is 1. The molecular formula is C11H12ClFN2O4. The van der Waals surface area contributed by atoms with E-state index < -0.39 is 30.0 Å². The Morgan fingerprint density at radius 1 is 1.42 bits per heavy atom. The van der Waals surface area contributed by atoms with E-state index in [4.69, 9.17) is 16.7 Å². The number of amides is 2. The molecule has 0 bridgehead atoms. The highest BCUT2D eigenvalue weighted by atomic mass is 35.5. The second-order valence-corrected chi connectivity index (χ2v) is 4.19. The van der Waals surface area contributed by atoms with Gasteiger partial charge in [-0.3, -0.25) is 0 Å². The van der Waals surface area contributed by atoms with Crippen LogP contribution < -0.4 is 10.6 Å². The molecule has 0 aliphatic rings. The van der Waals surface area contributed by atoms with Gasteiger partial charge in [-0.2, -0.15) is 0 Å². The predicted octanol–water partition coefficient (Wildman–Crippen LogP) is 1.43. The van der Waals surface area contributed by atoms with Crippen LogP contribution in [-0.4, -0.2) is 34.4 Å². The number of rotatable bonds is 4. The molecule has 6 nitrogen and oxygen atoms in total. The number of carboxylic acid groups (broad SMARTS) is 1. The summed E-state index contributed by atoms with van der Waals surface area (Å²) in [6.45, 7) is 1.23. The molecule has 4 N–H and O–H groups in total. The SMILES string of the molecule is C[C@@H](O)[C@H](NC(=O)Nc1ccc(F)cc1Cl)C(=O)O. The fourth-order valence-electron chi connectivity index (χ4n) is 1.28. The summed E-state index contributed by atoms with van der Waals surface area (Å²) < 4.78 is 12.8. The van der Waals surface area contributed by atoms with Crippen molar-refractivity contribution in [2.24, 2.45) is 0 Å². The fourth-order valence-corrected chi connectivity index (χ4v) is 1.49. The quantitative estimate of drug-likeness (QED) is 0.674. The molecule has 1 aromatic carbocycles. The minimum atomic E-state index is -1.46. The van der Waals surface area contributed by atoms with E-state index in [-0.39, 0.29) is 10.7 Å². The fraction of sp³-hybridized carbons (Fsp3) is 0.273. The Bertz CT molecular complexity index is 496. The highest BCUT2D eigenvalue weighted by Crippen LogP contribution is 2.22. The van der Waals surface area contributed by atoms with Crippen molar-refractivity contribution in [2.75, 3.05) is 5.32 Å². The number of carboxylic acids is 1. The number of halogens is 2. The molecule has 0 spiro atoms. The first-order chi connectivity index (χ1) is 8.81. The monoisotopic (exact) mass is 290 g/mol. The van der Waals surface area contributed by atoms with Crippen LogP contribution in [0.3, 0.4) is 0 Å². The maximum absolute atomic E-state index is 12.8. The van der Waals surface area contributed by atoms with Gasteiger partial charge in [0, 0.05) is 0 Å². The van der Waals surface area contributed by atoms with Crippen molar-refractivity contribution in [3.05, 3.63) is 29.0 Å². The smallest absolute Gasteiger partial charge is 0.328 e. The minimum absolute atomic E-state index is 0.0286. The number of aliphatic hydroxyl groups excluding tert-OH is 1. The van der Waals surface area contributed by atoms with Gasteiger partial charge in [-0.1, -0.05) is 11.6 Å². The third-order valence-electron chi connectivity index (χ3n) is 2.21. The number of aliphatic carboxylic acids is 1. The lowest BCUT2D eigenvalue weighted by molar-refractivity contribution is -0.141. The number of carbonyl (C=O) groups excluding carboxylic acids is 1. The third kappa shape index (κ3) is 4.38. The Kier molecular flexibility index (Phi) is 5.08. The summed E-state index contributed by atoms with van der Waals surface area (Å²) in [5.41, 5.74) is 0.121. The van der Waals surface area contributed by atoms with Crippen molar-refractivity contribution in [1.82, 2.24) is 5.32 Å². The number of aliphatic hydroxyl groups is 1.